The molecule has 2 nitrogen and oxygen atoms in total. The lowest BCUT2D eigenvalue weighted by Crippen LogP contribution is -2.28. The minimum Gasteiger partial charge on any atom is -0.325 e. The van der Waals surface area contributed by atoms with Crippen LogP contribution in [-0.4, -0.2) is 5.91 Å². The van der Waals surface area contributed by atoms with Gasteiger partial charge in [-0.3, -0.25) is 4.79 Å². The molecule has 112 valence electrons. The lowest BCUT2D eigenvalue weighted by atomic mass is 9.89. The van der Waals surface area contributed by atoms with Gasteiger partial charge in [-0.2, -0.15) is 0 Å². The van der Waals surface area contributed by atoms with Crippen LogP contribution in [0.4, 0.5) is 5.69 Å². The first kappa shape index (κ1) is 16.7. The van der Waals surface area contributed by atoms with Crippen LogP contribution in [0, 0.1) is 5.41 Å². The zero-order chi connectivity index (χ0) is 15.2. The van der Waals surface area contributed by atoms with Gasteiger partial charge in [0.25, 0.3) is 0 Å². The van der Waals surface area contributed by atoms with Gasteiger partial charge in [-0.25, -0.2) is 0 Å². The maximum Gasteiger partial charge on any atom is 0.229 e. The van der Waals surface area contributed by atoms with E-state index in [1.165, 1.54) is 24.8 Å². The normalized spacial score (nSPS) is 13.1. The Morgan fingerprint density at radius 3 is 2.40 bits per heavy atom. The van der Waals surface area contributed by atoms with Crippen LogP contribution >= 0.6 is 0 Å². The van der Waals surface area contributed by atoms with Gasteiger partial charge in [-0.15, -0.1) is 0 Å². The lowest BCUT2D eigenvalue weighted by Gasteiger charge is -2.22. The van der Waals surface area contributed by atoms with E-state index in [0.717, 1.165) is 12.1 Å². The van der Waals surface area contributed by atoms with Gasteiger partial charge in [-0.1, -0.05) is 65.7 Å². The molecule has 1 atom stereocenters. The lowest BCUT2D eigenvalue weighted by molar-refractivity contribution is -0.123. The van der Waals surface area contributed by atoms with Crippen molar-refractivity contribution in [3.8, 4) is 0 Å². The molecule has 0 saturated heterocycles. The first-order chi connectivity index (χ1) is 9.40. The fourth-order valence-electron chi connectivity index (χ4n) is 2.31. The third-order valence-corrected chi connectivity index (χ3v) is 3.73. The van der Waals surface area contributed by atoms with E-state index in [1.807, 2.05) is 32.9 Å². The fraction of sp³-hybridized carbons (Fsp3) is 0.611. The van der Waals surface area contributed by atoms with Gasteiger partial charge in [0.15, 0.2) is 0 Å². The molecule has 1 N–H and O–H groups in total. The number of carbonyl (C=O) groups excluding carboxylic acids is 1. The fourth-order valence-corrected chi connectivity index (χ4v) is 2.31. The molecule has 1 aromatic carbocycles. The van der Waals surface area contributed by atoms with Crippen LogP contribution in [0.3, 0.4) is 0 Å². The van der Waals surface area contributed by atoms with E-state index in [2.05, 4.69) is 31.3 Å². The Hall–Kier alpha value is -1.31. The van der Waals surface area contributed by atoms with E-state index in [9.17, 15) is 4.79 Å². The summed E-state index contributed by atoms with van der Waals surface area (Å²) in [6.45, 7) is 10.3. The zero-order valence-corrected chi connectivity index (χ0v) is 13.6. The smallest absolute Gasteiger partial charge is 0.229 e. The molecule has 0 aliphatic carbocycles. The van der Waals surface area contributed by atoms with E-state index >= 15 is 0 Å². The molecule has 20 heavy (non-hydrogen) atoms. The second-order valence-corrected chi connectivity index (χ2v) is 6.54. The predicted molar refractivity (Wildman–Crippen MR) is 87.1 cm³/mol. The van der Waals surface area contributed by atoms with Crippen molar-refractivity contribution in [3.63, 3.8) is 0 Å². The molecule has 0 saturated carbocycles. The summed E-state index contributed by atoms with van der Waals surface area (Å²) in [6.07, 6.45) is 4.75. The van der Waals surface area contributed by atoms with E-state index in [-0.39, 0.29) is 11.3 Å². The van der Waals surface area contributed by atoms with Crippen molar-refractivity contribution >= 4 is 11.6 Å². The number of unbranched alkanes of at least 4 members (excludes halogenated alkanes) is 1. The van der Waals surface area contributed by atoms with Crippen molar-refractivity contribution in [3.05, 3.63) is 29.8 Å². The molecule has 0 bridgehead atoms. The molecule has 2 heteroatoms. The van der Waals surface area contributed by atoms with Crippen LogP contribution in [0.15, 0.2) is 24.3 Å². The molecule has 0 aromatic heterocycles. The van der Waals surface area contributed by atoms with Crippen LogP contribution in [0.5, 0.6) is 0 Å². The summed E-state index contributed by atoms with van der Waals surface area (Å²) >= 11 is 0. The van der Waals surface area contributed by atoms with Crippen LogP contribution in [0.1, 0.15) is 71.8 Å². The largest absolute Gasteiger partial charge is 0.325 e. The predicted octanol–water partition coefficient (Wildman–Crippen LogP) is 5.36. The number of hydrogen-bond acceptors (Lipinski definition) is 1. The van der Waals surface area contributed by atoms with Crippen LogP contribution in [-0.2, 0) is 4.79 Å². The Bertz CT molecular complexity index is 431. The van der Waals surface area contributed by atoms with Gasteiger partial charge < -0.3 is 5.32 Å². The number of nitrogens with one attached hydrogen (secondary N) is 1. The highest BCUT2D eigenvalue weighted by molar-refractivity contribution is 5.95. The maximum atomic E-state index is 12.2. The van der Waals surface area contributed by atoms with E-state index in [0.29, 0.717) is 5.92 Å². The van der Waals surface area contributed by atoms with Gasteiger partial charge in [0.05, 0.1) is 0 Å². The summed E-state index contributed by atoms with van der Waals surface area (Å²) in [5.41, 5.74) is 1.90. The molecule has 0 fully saturated rings. The Kier molecular flexibility index (Phi) is 6.25. The highest BCUT2D eigenvalue weighted by Crippen LogP contribution is 2.32. The third kappa shape index (κ3) is 4.66. The summed E-state index contributed by atoms with van der Waals surface area (Å²) in [5, 5.41) is 3.10. The molecule has 0 spiro atoms. The summed E-state index contributed by atoms with van der Waals surface area (Å²) in [6, 6.07) is 8.24. The highest BCUT2D eigenvalue weighted by Gasteiger charge is 2.23. The van der Waals surface area contributed by atoms with Gasteiger partial charge >= 0.3 is 0 Å². The summed E-state index contributed by atoms with van der Waals surface area (Å²) in [7, 11) is 0. The standard InChI is InChI=1S/C18H29NO/c1-6-8-11-14(7-2)15-12-9-10-13-16(15)19-17(20)18(3,4)5/h9-10,12-14H,6-8,11H2,1-5H3,(H,19,20). The van der Waals surface area contributed by atoms with E-state index < -0.39 is 0 Å². The van der Waals surface area contributed by atoms with Crippen molar-refractivity contribution in [2.24, 2.45) is 5.41 Å². The second-order valence-electron chi connectivity index (χ2n) is 6.54. The molecule has 1 amide bonds. The number of carbonyl (C=O) groups is 1. The average molecular weight is 275 g/mol. The van der Waals surface area contributed by atoms with Gasteiger partial charge in [0, 0.05) is 11.1 Å². The Morgan fingerprint density at radius 2 is 1.85 bits per heavy atom. The molecule has 0 aliphatic rings. The number of hydrogen-bond donors (Lipinski definition) is 1. The first-order valence-electron chi connectivity index (χ1n) is 7.80. The van der Waals surface area contributed by atoms with Crippen molar-refractivity contribution < 1.29 is 4.79 Å². The van der Waals surface area contributed by atoms with E-state index in [1.54, 1.807) is 0 Å². The van der Waals surface area contributed by atoms with Crippen molar-refractivity contribution in [2.45, 2.75) is 66.2 Å². The van der Waals surface area contributed by atoms with Crippen molar-refractivity contribution in [1.29, 1.82) is 0 Å². The van der Waals surface area contributed by atoms with Gasteiger partial charge in [-0.05, 0) is 30.4 Å². The molecule has 0 aliphatic heterocycles. The van der Waals surface area contributed by atoms with Gasteiger partial charge in [0.2, 0.25) is 5.91 Å². The van der Waals surface area contributed by atoms with Crippen molar-refractivity contribution in [2.75, 3.05) is 5.32 Å². The molecule has 1 unspecified atom stereocenters. The Morgan fingerprint density at radius 1 is 1.20 bits per heavy atom. The maximum absolute atomic E-state index is 12.2. The number of amides is 1. The SMILES string of the molecule is CCCCC(CC)c1ccccc1NC(=O)C(C)(C)C. The van der Waals surface area contributed by atoms with E-state index in [4.69, 9.17) is 0 Å². The highest BCUT2D eigenvalue weighted by atomic mass is 16.2. The quantitative estimate of drug-likeness (QED) is 0.744. The Balaban J connectivity index is 2.95. The summed E-state index contributed by atoms with van der Waals surface area (Å²) < 4.78 is 0. The summed E-state index contributed by atoms with van der Waals surface area (Å²) in [4.78, 5) is 12.2. The van der Waals surface area contributed by atoms with Crippen LogP contribution in [0.2, 0.25) is 0 Å². The molecular formula is C18H29NO. The third-order valence-electron chi connectivity index (χ3n) is 3.73. The van der Waals surface area contributed by atoms with Crippen LogP contribution in [0.25, 0.3) is 0 Å². The minimum atomic E-state index is -0.363. The minimum absolute atomic E-state index is 0.0790. The molecule has 1 rings (SSSR count). The molecule has 0 heterocycles. The number of anilines is 1. The topological polar surface area (TPSA) is 29.1 Å². The van der Waals surface area contributed by atoms with Crippen molar-refractivity contribution in [1.82, 2.24) is 0 Å². The number of para-hydroxylation sites is 1. The first-order valence-corrected chi connectivity index (χ1v) is 7.80. The number of rotatable bonds is 6. The molecule has 1 aromatic rings. The van der Waals surface area contributed by atoms with Gasteiger partial charge in [0.1, 0.15) is 0 Å². The summed E-state index contributed by atoms with van der Waals surface area (Å²) in [5.74, 6) is 0.613. The van der Waals surface area contributed by atoms with Crippen LogP contribution < -0.4 is 5.32 Å². The number of benzene rings is 1. The molecular weight excluding hydrogens is 246 g/mol. The molecule has 0 radical (unpaired) electrons. The second kappa shape index (κ2) is 7.47. The Labute approximate surface area is 124 Å². The zero-order valence-electron chi connectivity index (χ0n) is 13.6. The average Bonchev–Trinajstić information content (AvgIpc) is 2.40. The monoisotopic (exact) mass is 275 g/mol.